The molecular formula is C17H13N3O4. The number of ether oxygens (including phenoxy) is 1. The molecule has 3 rings (SSSR count). The first-order chi connectivity index (χ1) is 11.6. The van der Waals surface area contributed by atoms with Gasteiger partial charge in [0.25, 0.3) is 5.91 Å². The van der Waals surface area contributed by atoms with Crippen LogP contribution in [0.1, 0.15) is 0 Å². The van der Waals surface area contributed by atoms with Crippen molar-refractivity contribution in [2.24, 2.45) is 0 Å². The van der Waals surface area contributed by atoms with Gasteiger partial charge in [-0.3, -0.25) is 4.79 Å². The van der Waals surface area contributed by atoms with E-state index in [9.17, 15) is 14.9 Å². The summed E-state index contributed by atoms with van der Waals surface area (Å²) >= 11 is 0. The number of amides is 1. The Labute approximate surface area is 137 Å². The monoisotopic (exact) mass is 323 g/mol. The van der Waals surface area contributed by atoms with Crippen molar-refractivity contribution in [2.45, 2.75) is 0 Å². The molecule has 0 bridgehead atoms. The Balaban J connectivity index is 1.66. The first kappa shape index (κ1) is 15.4. The summed E-state index contributed by atoms with van der Waals surface area (Å²) in [5, 5.41) is 15.6. The zero-order valence-electron chi connectivity index (χ0n) is 12.5. The molecule has 1 heterocycles. The van der Waals surface area contributed by atoms with Crippen molar-refractivity contribution in [1.29, 1.82) is 0 Å². The van der Waals surface area contributed by atoms with E-state index >= 15 is 0 Å². The van der Waals surface area contributed by atoms with Gasteiger partial charge < -0.3 is 20.2 Å². The lowest BCUT2D eigenvalue weighted by molar-refractivity contribution is -0.390. The topological polar surface area (TPSA) is 94.4 Å². The van der Waals surface area contributed by atoms with Gasteiger partial charge in [-0.1, -0.05) is 30.3 Å². The Morgan fingerprint density at radius 1 is 1.12 bits per heavy atom. The molecule has 3 aromatic rings. The molecule has 2 aromatic carbocycles. The normalized spacial score (nSPS) is 10.3. The van der Waals surface area contributed by atoms with Gasteiger partial charge in [0.15, 0.2) is 6.61 Å². The molecule has 1 N–H and O–H groups in total. The number of pyridine rings is 1. The van der Waals surface area contributed by atoms with Crippen molar-refractivity contribution in [3.05, 3.63) is 70.9 Å². The van der Waals surface area contributed by atoms with Crippen LogP contribution in [0.25, 0.3) is 10.8 Å². The number of benzene rings is 2. The number of nitro groups is 1. The van der Waals surface area contributed by atoms with Crippen LogP contribution in [0.5, 0.6) is 5.75 Å². The molecule has 0 aliphatic carbocycles. The predicted molar refractivity (Wildman–Crippen MR) is 89.0 cm³/mol. The summed E-state index contributed by atoms with van der Waals surface area (Å²) < 4.78 is 5.20. The molecule has 24 heavy (non-hydrogen) atoms. The molecule has 7 heteroatoms. The zero-order valence-corrected chi connectivity index (χ0v) is 12.5. The molecule has 0 saturated heterocycles. The number of carbonyl (C=O) groups excluding carboxylic acids is 1. The summed E-state index contributed by atoms with van der Waals surface area (Å²) in [6, 6.07) is 16.2. The Kier molecular flexibility index (Phi) is 4.33. The second-order valence-electron chi connectivity index (χ2n) is 4.98. The molecule has 0 aliphatic rings. The first-order valence-corrected chi connectivity index (χ1v) is 7.14. The number of nitrogens with one attached hydrogen (secondary N) is 1. The van der Waals surface area contributed by atoms with Gasteiger partial charge in [0.2, 0.25) is 5.75 Å². The van der Waals surface area contributed by atoms with Crippen molar-refractivity contribution in [2.75, 3.05) is 11.9 Å². The summed E-state index contributed by atoms with van der Waals surface area (Å²) in [5.74, 6) is -0.879. The lowest BCUT2D eigenvalue weighted by Gasteiger charge is -2.08. The van der Waals surface area contributed by atoms with Crippen molar-refractivity contribution in [3.63, 3.8) is 0 Å². The van der Waals surface area contributed by atoms with Gasteiger partial charge in [0.05, 0.1) is 0 Å². The number of carbonyl (C=O) groups is 1. The van der Waals surface area contributed by atoms with Gasteiger partial charge in [-0.25, -0.2) is 0 Å². The average Bonchev–Trinajstić information content (AvgIpc) is 2.60. The minimum Gasteiger partial charge on any atom is -0.476 e. The summed E-state index contributed by atoms with van der Waals surface area (Å²) in [7, 11) is 0. The smallest absolute Gasteiger partial charge is 0.406 e. The highest BCUT2D eigenvalue weighted by atomic mass is 16.6. The van der Waals surface area contributed by atoms with Crippen LogP contribution >= 0.6 is 0 Å². The number of hydrogen-bond donors (Lipinski definition) is 1. The van der Waals surface area contributed by atoms with E-state index in [1.54, 1.807) is 6.07 Å². The van der Waals surface area contributed by atoms with Crippen molar-refractivity contribution >= 4 is 28.2 Å². The fourth-order valence-electron chi connectivity index (χ4n) is 2.24. The molecule has 120 valence electrons. The van der Waals surface area contributed by atoms with E-state index in [2.05, 4.69) is 10.3 Å². The second-order valence-corrected chi connectivity index (χ2v) is 4.98. The van der Waals surface area contributed by atoms with Gasteiger partial charge in [0, 0.05) is 5.69 Å². The first-order valence-electron chi connectivity index (χ1n) is 7.14. The third-order valence-electron chi connectivity index (χ3n) is 3.32. The molecule has 0 atom stereocenters. The number of hydrogen-bond acceptors (Lipinski definition) is 5. The highest BCUT2D eigenvalue weighted by Crippen LogP contribution is 2.23. The number of nitrogens with zero attached hydrogens (tertiary/aromatic N) is 2. The fraction of sp³-hybridized carbons (Fsp3) is 0.0588. The van der Waals surface area contributed by atoms with Gasteiger partial charge in [-0.05, 0) is 44.9 Å². The minimum absolute atomic E-state index is 0.0452. The van der Waals surface area contributed by atoms with Gasteiger partial charge >= 0.3 is 5.82 Å². The van der Waals surface area contributed by atoms with Gasteiger partial charge in [-0.15, -0.1) is 0 Å². The number of anilines is 1. The molecule has 0 saturated carbocycles. The summed E-state index contributed by atoms with van der Waals surface area (Å²) in [6.07, 6.45) is 1.29. The molecule has 0 aliphatic heterocycles. The fourth-order valence-corrected chi connectivity index (χ4v) is 2.24. The third-order valence-corrected chi connectivity index (χ3v) is 3.32. The summed E-state index contributed by atoms with van der Waals surface area (Å²) in [6.45, 7) is -0.348. The maximum absolute atomic E-state index is 12.0. The highest BCUT2D eigenvalue weighted by molar-refractivity contribution is 5.95. The van der Waals surface area contributed by atoms with Crippen LogP contribution in [0.4, 0.5) is 11.5 Å². The summed E-state index contributed by atoms with van der Waals surface area (Å²) in [5.41, 5.74) is 0.628. The largest absolute Gasteiger partial charge is 0.476 e. The molecule has 0 radical (unpaired) electrons. The maximum Gasteiger partial charge on any atom is 0.406 e. The van der Waals surface area contributed by atoms with Crippen LogP contribution in [0.15, 0.2) is 60.8 Å². The van der Waals surface area contributed by atoms with Crippen LogP contribution < -0.4 is 10.1 Å². The van der Waals surface area contributed by atoms with Crippen molar-refractivity contribution in [1.82, 2.24) is 4.98 Å². The SMILES string of the molecule is O=C(COc1cccnc1[N+](=O)[O-])Nc1ccc2ccccc2c1. The average molecular weight is 323 g/mol. The lowest BCUT2D eigenvalue weighted by atomic mass is 10.1. The van der Waals surface area contributed by atoms with E-state index in [1.807, 2.05) is 36.4 Å². The Morgan fingerprint density at radius 2 is 1.92 bits per heavy atom. The molecular weight excluding hydrogens is 310 g/mol. The van der Waals surface area contributed by atoms with E-state index in [4.69, 9.17) is 4.74 Å². The Hall–Kier alpha value is -3.48. The third kappa shape index (κ3) is 3.46. The minimum atomic E-state index is -0.656. The lowest BCUT2D eigenvalue weighted by Crippen LogP contribution is -2.20. The Morgan fingerprint density at radius 3 is 2.71 bits per heavy atom. The van der Waals surface area contributed by atoms with E-state index in [0.29, 0.717) is 5.69 Å². The highest BCUT2D eigenvalue weighted by Gasteiger charge is 2.16. The summed E-state index contributed by atoms with van der Waals surface area (Å²) in [4.78, 5) is 25.8. The van der Waals surface area contributed by atoms with Crippen LogP contribution in [0.2, 0.25) is 0 Å². The maximum atomic E-state index is 12.0. The van der Waals surface area contributed by atoms with Crippen molar-refractivity contribution in [3.8, 4) is 5.75 Å². The van der Waals surface area contributed by atoms with Gasteiger partial charge in [0.1, 0.15) is 6.20 Å². The molecule has 0 unspecified atom stereocenters. The van der Waals surface area contributed by atoms with Crippen LogP contribution in [0.3, 0.4) is 0 Å². The van der Waals surface area contributed by atoms with E-state index in [-0.39, 0.29) is 12.4 Å². The Bertz CT molecular complexity index is 911. The molecule has 1 amide bonds. The molecule has 0 fully saturated rings. The molecule has 0 spiro atoms. The zero-order chi connectivity index (χ0) is 16.9. The van der Waals surface area contributed by atoms with E-state index in [0.717, 1.165) is 10.8 Å². The van der Waals surface area contributed by atoms with E-state index < -0.39 is 16.6 Å². The van der Waals surface area contributed by atoms with Crippen LogP contribution in [-0.2, 0) is 4.79 Å². The van der Waals surface area contributed by atoms with E-state index in [1.165, 1.54) is 18.3 Å². The van der Waals surface area contributed by atoms with Crippen LogP contribution in [-0.4, -0.2) is 22.4 Å². The van der Waals surface area contributed by atoms with Crippen molar-refractivity contribution < 1.29 is 14.5 Å². The second kappa shape index (κ2) is 6.74. The quantitative estimate of drug-likeness (QED) is 0.575. The van der Waals surface area contributed by atoms with Gasteiger partial charge in [-0.2, -0.15) is 0 Å². The number of fused-ring (bicyclic) bond motifs is 1. The molecule has 1 aromatic heterocycles. The number of aromatic nitrogens is 1. The predicted octanol–water partition coefficient (Wildman–Crippen LogP) is 3.16. The number of rotatable bonds is 5. The molecule has 7 nitrogen and oxygen atoms in total. The van der Waals surface area contributed by atoms with Crippen LogP contribution in [0, 0.1) is 10.1 Å². The standard InChI is InChI=1S/C17H13N3O4/c21-16(11-24-15-6-3-9-18-17(15)20(22)23)19-14-8-7-12-4-1-2-5-13(12)10-14/h1-10H,11H2,(H,19,21).